The lowest BCUT2D eigenvalue weighted by atomic mass is 9.88. The first-order valence-corrected chi connectivity index (χ1v) is 8.24. The van der Waals surface area contributed by atoms with Crippen molar-refractivity contribution < 1.29 is 9.18 Å². The summed E-state index contributed by atoms with van der Waals surface area (Å²) in [4.78, 5) is 16.7. The van der Waals surface area contributed by atoms with Gasteiger partial charge in [-0.05, 0) is 30.5 Å². The summed E-state index contributed by atoms with van der Waals surface area (Å²) >= 11 is 1.39. The van der Waals surface area contributed by atoms with Crippen molar-refractivity contribution in [1.82, 2.24) is 10.3 Å². The minimum absolute atomic E-state index is 0.192. The molecule has 1 fully saturated rings. The summed E-state index contributed by atoms with van der Waals surface area (Å²) in [6, 6.07) is 6.40. The zero-order valence-electron chi connectivity index (χ0n) is 12.1. The lowest BCUT2D eigenvalue weighted by Crippen LogP contribution is -2.44. The Morgan fingerprint density at radius 2 is 2.00 bits per heavy atom. The SMILES string of the molecule is NCc1nc(C(=O)NC2(c3ccc(F)cc3)CCCC2)cs1. The van der Waals surface area contributed by atoms with Gasteiger partial charge in [-0.15, -0.1) is 11.3 Å². The van der Waals surface area contributed by atoms with Crippen LogP contribution >= 0.6 is 11.3 Å². The number of halogens is 1. The van der Waals surface area contributed by atoms with Crippen molar-refractivity contribution in [3.05, 3.63) is 51.7 Å². The van der Waals surface area contributed by atoms with Gasteiger partial charge in [0.25, 0.3) is 5.91 Å². The third-order valence-electron chi connectivity index (χ3n) is 4.17. The summed E-state index contributed by atoms with van der Waals surface area (Å²) in [6.07, 6.45) is 3.81. The Morgan fingerprint density at radius 1 is 1.32 bits per heavy atom. The number of rotatable bonds is 4. The lowest BCUT2D eigenvalue weighted by molar-refractivity contribution is 0.0893. The Hall–Kier alpha value is -1.79. The van der Waals surface area contributed by atoms with Crippen LogP contribution in [0.1, 0.15) is 46.7 Å². The molecule has 1 saturated carbocycles. The van der Waals surface area contributed by atoms with Crippen LogP contribution in [-0.2, 0) is 12.1 Å². The molecule has 0 atom stereocenters. The average Bonchev–Trinajstić information content (AvgIpc) is 3.17. The summed E-state index contributed by atoms with van der Waals surface area (Å²) < 4.78 is 13.2. The molecule has 1 aliphatic carbocycles. The summed E-state index contributed by atoms with van der Waals surface area (Å²) in [5, 5.41) is 5.59. The highest BCUT2D eigenvalue weighted by Gasteiger charge is 2.37. The highest BCUT2D eigenvalue weighted by atomic mass is 32.1. The van der Waals surface area contributed by atoms with Crippen LogP contribution in [0, 0.1) is 5.82 Å². The van der Waals surface area contributed by atoms with Crippen molar-refractivity contribution in [3.63, 3.8) is 0 Å². The smallest absolute Gasteiger partial charge is 0.271 e. The van der Waals surface area contributed by atoms with Crippen LogP contribution in [0.15, 0.2) is 29.6 Å². The van der Waals surface area contributed by atoms with E-state index in [2.05, 4.69) is 10.3 Å². The Kier molecular flexibility index (Phi) is 4.22. The molecule has 0 radical (unpaired) electrons. The number of hydrogen-bond donors (Lipinski definition) is 2. The molecule has 3 rings (SSSR count). The maximum absolute atomic E-state index is 13.2. The number of thiazole rings is 1. The maximum Gasteiger partial charge on any atom is 0.271 e. The average molecular weight is 319 g/mol. The Morgan fingerprint density at radius 3 is 2.59 bits per heavy atom. The molecule has 2 aromatic rings. The van der Waals surface area contributed by atoms with E-state index in [0.717, 1.165) is 36.3 Å². The second-order valence-corrected chi connectivity index (χ2v) is 6.52. The van der Waals surface area contributed by atoms with E-state index in [1.165, 1.54) is 23.5 Å². The number of carbonyl (C=O) groups is 1. The van der Waals surface area contributed by atoms with Crippen molar-refractivity contribution >= 4 is 17.2 Å². The van der Waals surface area contributed by atoms with E-state index in [9.17, 15) is 9.18 Å². The molecule has 3 N–H and O–H groups in total. The van der Waals surface area contributed by atoms with Gasteiger partial charge in [0, 0.05) is 11.9 Å². The molecule has 22 heavy (non-hydrogen) atoms. The number of nitrogens with two attached hydrogens (primary N) is 1. The highest BCUT2D eigenvalue weighted by Crippen LogP contribution is 2.39. The number of amides is 1. The monoisotopic (exact) mass is 319 g/mol. The Balaban J connectivity index is 1.85. The third kappa shape index (κ3) is 2.89. The first-order valence-electron chi connectivity index (χ1n) is 7.36. The minimum atomic E-state index is -0.419. The normalized spacial score (nSPS) is 16.6. The van der Waals surface area contributed by atoms with Gasteiger partial charge in [0.05, 0.1) is 5.54 Å². The summed E-state index contributed by atoms with van der Waals surface area (Å²) in [5.41, 5.74) is 6.47. The molecule has 0 saturated heterocycles. The van der Waals surface area contributed by atoms with E-state index < -0.39 is 5.54 Å². The number of nitrogens with zero attached hydrogens (tertiary/aromatic N) is 1. The number of benzene rings is 1. The van der Waals surface area contributed by atoms with Crippen LogP contribution in [0.4, 0.5) is 4.39 Å². The van der Waals surface area contributed by atoms with Gasteiger partial charge >= 0.3 is 0 Å². The van der Waals surface area contributed by atoms with Crippen molar-refractivity contribution in [2.24, 2.45) is 5.73 Å². The van der Waals surface area contributed by atoms with Gasteiger partial charge in [-0.1, -0.05) is 25.0 Å². The van der Waals surface area contributed by atoms with E-state index in [0.29, 0.717) is 12.2 Å². The minimum Gasteiger partial charge on any atom is -0.341 e. The van der Waals surface area contributed by atoms with E-state index >= 15 is 0 Å². The van der Waals surface area contributed by atoms with E-state index in [4.69, 9.17) is 5.73 Å². The molecule has 1 heterocycles. The first kappa shape index (κ1) is 15.1. The van der Waals surface area contributed by atoms with Crippen molar-refractivity contribution in [2.75, 3.05) is 0 Å². The number of aromatic nitrogens is 1. The quantitative estimate of drug-likeness (QED) is 0.910. The predicted molar refractivity (Wildman–Crippen MR) is 84.0 cm³/mol. The number of nitrogens with one attached hydrogen (secondary N) is 1. The molecule has 0 spiro atoms. The Bertz CT molecular complexity index is 662. The van der Waals surface area contributed by atoms with Crippen LogP contribution in [-0.4, -0.2) is 10.9 Å². The van der Waals surface area contributed by atoms with Gasteiger partial charge in [-0.2, -0.15) is 0 Å². The zero-order chi connectivity index (χ0) is 15.6. The second-order valence-electron chi connectivity index (χ2n) is 5.58. The lowest BCUT2D eigenvalue weighted by Gasteiger charge is -2.30. The molecule has 1 aromatic carbocycles. The summed E-state index contributed by atoms with van der Waals surface area (Å²) in [5.74, 6) is -0.461. The zero-order valence-corrected chi connectivity index (χ0v) is 13.0. The fraction of sp³-hybridized carbons (Fsp3) is 0.375. The van der Waals surface area contributed by atoms with Crippen LogP contribution in [0.5, 0.6) is 0 Å². The molecule has 0 bridgehead atoms. The third-order valence-corrected chi connectivity index (χ3v) is 5.04. The van der Waals surface area contributed by atoms with Crippen LogP contribution in [0.25, 0.3) is 0 Å². The molecular weight excluding hydrogens is 301 g/mol. The fourth-order valence-corrected chi connectivity index (χ4v) is 3.68. The molecule has 1 aromatic heterocycles. The van der Waals surface area contributed by atoms with Gasteiger partial charge in [0.2, 0.25) is 0 Å². The number of carbonyl (C=O) groups excluding carboxylic acids is 1. The van der Waals surface area contributed by atoms with Crippen molar-refractivity contribution in [2.45, 2.75) is 37.8 Å². The van der Waals surface area contributed by atoms with Crippen molar-refractivity contribution in [1.29, 1.82) is 0 Å². The molecular formula is C16H18FN3OS. The van der Waals surface area contributed by atoms with Crippen molar-refractivity contribution in [3.8, 4) is 0 Å². The largest absolute Gasteiger partial charge is 0.341 e. The summed E-state index contributed by atoms with van der Waals surface area (Å²) in [6.45, 7) is 0.334. The standard InChI is InChI=1S/C16H18FN3OS/c17-12-5-3-11(4-6-12)16(7-1-2-8-16)20-15(21)13-10-22-14(9-18)19-13/h3-6,10H,1-2,7-9,18H2,(H,20,21). The van der Waals surface area contributed by atoms with Crippen LogP contribution in [0.3, 0.4) is 0 Å². The van der Waals surface area contributed by atoms with Gasteiger partial charge < -0.3 is 11.1 Å². The highest BCUT2D eigenvalue weighted by molar-refractivity contribution is 7.09. The van der Waals surface area contributed by atoms with E-state index in [1.54, 1.807) is 17.5 Å². The van der Waals surface area contributed by atoms with Gasteiger partial charge in [-0.3, -0.25) is 4.79 Å². The predicted octanol–water partition coefficient (Wildman–Crippen LogP) is 2.94. The van der Waals surface area contributed by atoms with Crippen LogP contribution in [0.2, 0.25) is 0 Å². The van der Waals surface area contributed by atoms with Gasteiger partial charge in [-0.25, -0.2) is 9.37 Å². The van der Waals surface area contributed by atoms with Gasteiger partial charge in [0.1, 0.15) is 16.5 Å². The molecule has 6 heteroatoms. The molecule has 116 valence electrons. The topological polar surface area (TPSA) is 68.0 Å². The fourth-order valence-electron chi connectivity index (χ4n) is 3.02. The first-order chi connectivity index (χ1) is 10.6. The van der Waals surface area contributed by atoms with Crippen LogP contribution < -0.4 is 11.1 Å². The Labute approximate surface area is 132 Å². The van der Waals surface area contributed by atoms with Gasteiger partial charge in [0.15, 0.2) is 0 Å². The van der Waals surface area contributed by atoms with E-state index in [1.807, 2.05) is 0 Å². The molecule has 0 aliphatic heterocycles. The van der Waals surface area contributed by atoms with E-state index in [-0.39, 0.29) is 11.7 Å². The number of hydrogen-bond acceptors (Lipinski definition) is 4. The molecule has 4 nitrogen and oxygen atoms in total. The maximum atomic E-state index is 13.2. The summed E-state index contributed by atoms with van der Waals surface area (Å²) in [7, 11) is 0. The molecule has 0 unspecified atom stereocenters. The second kappa shape index (κ2) is 6.14. The molecule has 1 aliphatic rings. The molecule has 1 amide bonds.